The minimum absolute atomic E-state index is 0.209. The highest BCUT2D eigenvalue weighted by Crippen LogP contribution is 2.58. The molecule has 4 atom stereocenters. The summed E-state index contributed by atoms with van der Waals surface area (Å²) in [6.45, 7) is 4.24. The van der Waals surface area contributed by atoms with E-state index >= 15 is 9.59 Å². The Morgan fingerprint density at radius 1 is 0.625 bits per heavy atom. The third-order valence-corrected chi connectivity index (χ3v) is 9.74. The summed E-state index contributed by atoms with van der Waals surface area (Å²) in [7, 11) is 2.43. The quantitative estimate of drug-likeness (QED) is 0.305. The van der Waals surface area contributed by atoms with Gasteiger partial charge < -0.3 is 19.3 Å². The zero-order valence-corrected chi connectivity index (χ0v) is 27.2. The van der Waals surface area contributed by atoms with Crippen molar-refractivity contribution in [2.24, 2.45) is 0 Å². The first-order valence-electron chi connectivity index (χ1n) is 15.8. The molecule has 2 spiro atoms. The lowest BCUT2D eigenvalue weighted by Gasteiger charge is -2.52. The van der Waals surface area contributed by atoms with Crippen LogP contribution in [0.1, 0.15) is 33.4 Å². The van der Waals surface area contributed by atoms with Crippen LogP contribution >= 0.6 is 0 Å². The summed E-state index contributed by atoms with van der Waals surface area (Å²) in [5.41, 5.74) is 1.87. The number of anilines is 2. The molecule has 48 heavy (non-hydrogen) atoms. The molecule has 7 rings (SSSR count). The molecular formula is C38H36N4O6. The number of methoxy groups -OCH3 is 2. The molecule has 2 amide bonds. The molecule has 0 aromatic heterocycles. The van der Waals surface area contributed by atoms with Gasteiger partial charge in [0.1, 0.15) is 12.1 Å². The summed E-state index contributed by atoms with van der Waals surface area (Å²) in [6.07, 6.45) is 0. The maximum atomic E-state index is 15.5. The molecule has 1 fully saturated rings. The molecule has 4 aromatic carbocycles. The van der Waals surface area contributed by atoms with Crippen LogP contribution in [-0.4, -0.2) is 50.1 Å². The van der Waals surface area contributed by atoms with E-state index in [1.165, 1.54) is 14.2 Å². The summed E-state index contributed by atoms with van der Waals surface area (Å²) in [5.74, 6) is -2.46. The molecule has 0 saturated carbocycles. The maximum absolute atomic E-state index is 15.5. The van der Waals surface area contributed by atoms with Gasteiger partial charge in [-0.2, -0.15) is 0 Å². The standard InChI is InChI=1S/C38H36N4O6/c1-23-15-17-29-27(19-23)37(35(45)41(29)21-25-11-7-5-8-12-25)38(40-32(34(44)48-4)31(39-37)33(43)47-3)28-20-24(2)16-18-30(28)42(36(38)46)22-26-13-9-6-10-14-26/h5-20,31-32,39-40H,21-22H2,1-4H3/t31-,32+,37-,38-/m1/s1. The molecule has 4 aromatic rings. The fourth-order valence-electron chi connectivity index (χ4n) is 7.57. The zero-order valence-electron chi connectivity index (χ0n) is 27.2. The van der Waals surface area contributed by atoms with Gasteiger partial charge in [0.15, 0.2) is 11.1 Å². The second-order valence-electron chi connectivity index (χ2n) is 12.6. The third kappa shape index (κ3) is 4.47. The number of benzene rings is 4. The molecule has 1 saturated heterocycles. The Balaban J connectivity index is 1.53. The van der Waals surface area contributed by atoms with Gasteiger partial charge in [-0.05, 0) is 37.1 Å². The molecule has 0 unspecified atom stereocenters. The van der Waals surface area contributed by atoms with Crippen molar-refractivity contribution < 1.29 is 28.7 Å². The number of fused-ring (bicyclic) bond motifs is 5. The minimum atomic E-state index is -1.89. The Kier molecular flexibility index (Phi) is 7.65. The van der Waals surface area contributed by atoms with Gasteiger partial charge in [0, 0.05) is 22.5 Å². The Morgan fingerprint density at radius 3 is 1.35 bits per heavy atom. The van der Waals surface area contributed by atoms with Crippen LogP contribution < -0.4 is 20.4 Å². The van der Waals surface area contributed by atoms with Crippen molar-refractivity contribution in [1.29, 1.82) is 0 Å². The number of carbonyl (C=O) groups is 4. The number of hydrogen-bond donors (Lipinski definition) is 2. The molecule has 0 bridgehead atoms. The average Bonchev–Trinajstić information content (AvgIpc) is 3.46. The van der Waals surface area contributed by atoms with Crippen molar-refractivity contribution in [1.82, 2.24) is 10.6 Å². The first-order chi connectivity index (χ1) is 23.2. The number of nitrogens with one attached hydrogen (secondary N) is 2. The highest BCUT2D eigenvalue weighted by atomic mass is 16.5. The summed E-state index contributed by atoms with van der Waals surface area (Å²) in [4.78, 5) is 61.4. The second kappa shape index (κ2) is 11.7. The lowest BCUT2D eigenvalue weighted by Crippen LogP contribution is -2.83. The summed E-state index contributed by atoms with van der Waals surface area (Å²) >= 11 is 0. The number of rotatable bonds is 6. The SMILES string of the molecule is COC(=O)[C@H]1N[C@]2(C(=O)N(Cc3ccccc3)c3ccc(C)cc32)[C@]2(N[C@H]1C(=O)OC)C(=O)N(Cc1ccccc1)c1ccc(C)cc12. The van der Waals surface area contributed by atoms with Crippen LogP contribution in [0.15, 0.2) is 97.1 Å². The van der Waals surface area contributed by atoms with Crippen LogP contribution in [0, 0.1) is 13.8 Å². The first-order valence-corrected chi connectivity index (χ1v) is 15.8. The monoisotopic (exact) mass is 644 g/mol. The van der Waals surface area contributed by atoms with Gasteiger partial charge in [-0.3, -0.25) is 29.8 Å². The van der Waals surface area contributed by atoms with Crippen LogP contribution in [0.25, 0.3) is 0 Å². The largest absolute Gasteiger partial charge is 0.468 e. The van der Waals surface area contributed by atoms with Gasteiger partial charge in [-0.25, -0.2) is 0 Å². The molecule has 3 heterocycles. The van der Waals surface area contributed by atoms with Crippen molar-refractivity contribution in [2.75, 3.05) is 24.0 Å². The number of hydrogen-bond acceptors (Lipinski definition) is 8. The van der Waals surface area contributed by atoms with Crippen LogP contribution in [-0.2, 0) is 52.8 Å². The molecular weight excluding hydrogens is 608 g/mol. The van der Waals surface area contributed by atoms with Crippen LogP contribution in [0.3, 0.4) is 0 Å². The maximum Gasteiger partial charge on any atom is 0.325 e. The second-order valence-corrected chi connectivity index (χ2v) is 12.6. The van der Waals surface area contributed by atoms with Gasteiger partial charge in [0.2, 0.25) is 0 Å². The first kappa shape index (κ1) is 31.3. The Hall–Kier alpha value is -5.32. The average molecular weight is 645 g/mol. The van der Waals surface area contributed by atoms with E-state index in [2.05, 4.69) is 10.6 Å². The van der Waals surface area contributed by atoms with Gasteiger partial charge in [-0.15, -0.1) is 0 Å². The molecule has 10 heteroatoms. The van der Waals surface area contributed by atoms with Crippen molar-refractivity contribution in [3.63, 3.8) is 0 Å². The lowest BCUT2D eigenvalue weighted by atomic mass is 9.65. The minimum Gasteiger partial charge on any atom is -0.468 e. The van der Waals surface area contributed by atoms with Crippen molar-refractivity contribution in [3.05, 3.63) is 130 Å². The predicted octanol–water partition coefficient (Wildman–Crippen LogP) is 3.76. The molecule has 10 nitrogen and oxygen atoms in total. The fraction of sp³-hybridized carbons (Fsp3) is 0.263. The number of amides is 2. The third-order valence-electron chi connectivity index (χ3n) is 9.74. The van der Waals surface area contributed by atoms with Gasteiger partial charge in [0.05, 0.1) is 27.3 Å². The van der Waals surface area contributed by atoms with Gasteiger partial charge >= 0.3 is 11.9 Å². The van der Waals surface area contributed by atoms with Crippen LogP contribution in [0.5, 0.6) is 0 Å². The van der Waals surface area contributed by atoms with Crippen LogP contribution in [0.2, 0.25) is 0 Å². The van der Waals surface area contributed by atoms with E-state index in [1.807, 2.05) is 111 Å². The topological polar surface area (TPSA) is 117 Å². The molecule has 3 aliphatic rings. The summed E-state index contributed by atoms with van der Waals surface area (Å²) in [6, 6.07) is 27.7. The van der Waals surface area contributed by atoms with E-state index in [1.54, 1.807) is 9.80 Å². The Bertz CT molecular complexity index is 1810. The Morgan fingerprint density at radius 2 is 1.00 bits per heavy atom. The molecule has 244 valence electrons. The lowest BCUT2D eigenvalue weighted by molar-refractivity contribution is -0.162. The van der Waals surface area contributed by atoms with Crippen molar-refractivity contribution in [3.8, 4) is 0 Å². The molecule has 2 N–H and O–H groups in total. The van der Waals surface area contributed by atoms with E-state index in [0.717, 1.165) is 22.3 Å². The number of ether oxygens (including phenoxy) is 2. The highest BCUT2D eigenvalue weighted by Gasteiger charge is 2.75. The Labute approximate surface area is 278 Å². The smallest absolute Gasteiger partial charge is 0.325 e. The normalized spacial score (nSPS) is 24.2. The summed E-state index contributed by atoms with van der Waals surface area (Å²) in [5, 5.41) is 6.65. The number of nitrogens with zero attached hydrogens (tertiary/aromatic N) is 2. The zero-order chi connectivity index (χ0) is 33.8. The molecule has 3 aliphatic heterocycles. The van der Waals surface area contributed by atoms with E-state index in [4.69, 9.17) is 9.47 Å². The van der Waals surface area contributed by atoms with E-state index < -0.39 is 46.9 Å². The molecule has 0 aliphatic carbocycles. The van der Waals surface area contributed by atoms with E-state index in [9.17, 15) is 9.59 Å². The number of carbonyl (C=O) groups excluding carboxylic acids is 4. The highest BCUT2D eigenvalue weighted by molar-refractivity contribution is 6.19. The van der Waals surface area contributed by atoms with Crippen molar-refractivity contribution >= 4 is 35.1 Å². The number of aryl methyl sites for hydroxylation is 2. The van der Waals surface area contributed by atoms with Gasteiger partial charge in [-0.1, -0.05) is 96.1 Å². The van der Waals surface area contributed by atoms with E-state index in [0.29, 0.717) is 22.5 Å². The fourth-order valence-corrected chi connectivity index (χ4v) is 7.57. The molecule has 0 radical (unpaired) electrons. The predicted molar refractivity (Wildman–Crippen MR) is 179 cm³/mol. The summed E-state index contributed by atoms with van der Waals surface area (Å²) < 4.78 is 10.4. The van der Waals surface area contributed by atoms with Crippen molar-refractivity contribution in [2.45, 2.75) is 50.1 Å². The van der Waals surface area contributed by atoms with Crippen LogP contribution in [0.4, 0.5) is 11.4 Å². The van der Waals surface area contributed by atoms with E-state index in [-0.39, 0.29) is 13.1 Å². The van der Waals surface area contributed by atoms with Gasteiger partial charge in [0.25, 0.3) is 11.8 Å². The number of piperazine rings is 1. The number of esters is 2.